The molecule has 1 saturated heterocycles. The van der Waals surface area contributed by atoms with E-state index in [2.05, 4.69) is 64.8 Å². The number of hydrogen-bond donors (Lipinski definition) is 1. The van der Waals surface area contributed by atoms with Gasteiger partial charge in [-0.25, -0.2) is 4.98 Å². The molecule has 2 fully saturated rings. The first-order valence-corrected chi connectivity index (χ1v) is 12.1. The van der Waals surface area contributed by atoms with Gasteiger partial charge in [0.05, 0.1) is 17.8 Å². The lowest BCUT2D eigenvalue weighted by Crippen LogP contribution is -2.40. The van der Waals surface area contributed by atoms with Crippen molar-refractivity contribution in [3.63, 3.8) is 0 Å². The standard InChI is InChI=1S/C26H31N5S/c1-17-12-14-28-23(15-17)30-18(2)16-21(19(30)3)25-24(22-11-7-8-13-27-22)29-26(32)31(25)20-9-5-4-6-10-20/h7-8,11-16,20,24-25H,4-6,9-10H2,1-3H3,(H,29,32)/t24-,25-/m0/s1. The van der Waals surface area contributed by atoms with Gasteiger partial charge < -0.3 is 14.8 Å². The molecule has 1 aliphatic heterocycles. The van der Waals surface area contributed by atoms with Crippen molar-refractivity contribution in [2.24, 2.45) is 0 Å². The van der Waals surface area contributed by atoms with E-state index < -0.39 is 0 Å². The fourth-order valence-electron chi connectivity index (χ4n) is 5.53. The smallest absolute Gasteiger partial charge is 0.170 e. The van der Waals surface area contributed by atoms with Crippen LogP contribution in [-0.4, -0.2) is 30.6 Å². The molecule has 1 N–H and O–H groups in total. The Bertz CT molecular complexity index is 1120. The molecule has 4 heterocycles. The van der Waals surface area contributed by atoms with Gasteiger partial charge in [0, 0.05) is 29.8 Å². The Hall–Kier alpha value is -2.73. The minimum Gasteiger partial charge on any atom is -0.352 e. The fraction of sp³-hybridized carbons (Fsp3) is 0.423. The summed E-state index contributed by atoms with van der Waals surface area (Å²) < 4.78 is 2.28. The summed E-state index contributed by atoms with van der Waals surface area (Å²) in [4.78, 5) is 11.9. The lowest BCUT2D eigenvalue weighted by atomic mass is 9.90. The van der Waals surface area contributed by atoms with Crippen molar-refractivity contribution in [3.8, 4) is 5.82 Å². The maximum Gasteiger partial charge on any atom is 0.170 e. The molecule has 0 bridgehead atoms. The zero-order valence-corrected chi connectivity index (χ0v) is 19.9. The number of rotatable bonds is 4. The Labute approximate surface area is 195 Å². The van der Waals surface area contributed by atoms with Gasteiger partial charge in [-0.2, -0.15) is 0 Å². The van der Waals surface area contributed by atoms with Crippen molar-refractivity contribution < 1.29 is 0 Å². The van der Waals surface area contributed by atoms with Gasteiger partial charge in [0.2, 0.25) is 0 Å². The highest BCUT2D eigenvalue weighted by atomic mass is 32.1. The van der Waals surface area contributed by atoms with Crippen LogP contribution in [0.15, 0.2) is 48.8 Å². The monoisotopic (exact) mass is 445 g/mol. The number of aryl methyl sites for hydroxylation is 2. The van der Waals surface area contributed by atoms with Crippen molar-refractivity contribution in [1.82, 2.24) is 24.8 Å². The van der Waals surface area contributed by atoms with Crippen LogP contribution < -0.4 is 5.32 Å². The molecule has 3 aromatic heterocycles. The summed E-state index contributed by atoms with van der Waals surface area (Å²) in [5.74, 6) is 0.971. The quantitative estimate of drug-likeness (QED) is 0.538. The molecule has 6 heteroatoms. The topological polar surface area (TPSA) is 46.0 Å². The molecular formula is C26H31N5S. The maximum absolute atomic E-state index is 5.94. The highest BCUT2D eigenvalue weighted by Crippen LogP contribution is 2.44. The van der Waals surface area contributed by atoms with Crippen molar-refractivity contribution in [3.05, 3.63) is 77.0 Å². The Balaban J connectivity index is 1.63. The molecule has 2 atom stereocenters. The number of nitrogens with zero attached hydrogens (tertiary/aromatic N) is 4. The largest absolute Gasteiger partial charge is 0.352 e. The van der Waals surface area contributed by atoms with Gasteiger partial charge >= 0.3 is 0 Å². The van der Waals surface area contributed by atoms with Gasteiger partial charge in [0.15, 0.2) is 5.11 Å². The number of aromatic nitrogens is 3. The van der Waals surface area contributed by atoms with E-state index >= 15 is 0 Å². The lowest BCUT2D eigenvalue weighted by molar-refractivity contribution is 0.197. The molecular weight excluding hydrogens is 414 g/mol. The third-order valence-corrected chi connectivity index (χ3v) is 7.35. The maximum atomic E-state index is 5.94. The Morgan fingerprint density at radius 3 is 2.50 bits per heavy atom. The molecule has 166 valence electrons. The van der Waals surface area contributed by atoms with Crippen LogP contribution in [-0.2, 0) is 0 Å². The van der Waals surface area contributed by atoms with Gasteiger partial charge in [-0.1, -0.05) is 25.3 Å². The van der Waals surface area contributed by atoms with Crippen molar-refractivity contribution in [2.75, 3.05) is 0 Å². The average molecular weight is 446 g/mol. The summed E-state index contributed by atoms with van der Waals surface area (Å²) in [5, 5.41) is 4.50. The molecule has 0 unspecified atom stereocenters. The highest BCUT2D eigenvalue weighted by Gasteiger charge is 2.44. The number of pyridine rings is 2. The molecule has 5 nitrogen and oxygen atoms in total. The molecule has 3 aromatic rings. The summed E-state index contributed by atoms with van der Waals surface area (Å²) in [7, 11) is 0. The predicted molar refractivity (Wildman–Crippen MR) is 132 cm³/mol. The summed E-state index contributed by atoms with van der Waals surface area (Å²) in [6.45, 7) is 6.49. The molecule has 1 saturated carbocycles. The Morgan fingerprint density at radius 1 is 0.969 bits per heavy atom. The summed E-state index contributed by atoms with van der Waals surface area (Å²) in [6, 6.07) is 13.3. The second-order valence-electron chi connectivity index (χ2n) is 9.18. The second kappa shape index (κ2) is 8.66. The molecule has 2 aliphatic rings. The SMILES string of the molecule is Cc1ccnc(-n2c(C)cc([C@H]3[C@H](c4ccccn4)NC(=S)N3C3CCCCC3)c2C)c1. The van der Waals surface area contributed by atoms with Crippen LogP contribution in [0.3, 0.4) is 0 Å². The van der Waals surface area contributed by atoms with E-state index in [4.69, 9.17) is 17.2 Å². The minimum absolute atomic E-state index is 0.0324. The number of thiocarbonyl (C=S) groups is 1. The molecule has 1 aliphatic carbocycles. The predicted octanol–water partition coefficient (Wildman–Crippen LogP) is 5.50. The fourth-order valence-corrected chi connectivity index (χ4v) is 5.92. The van der Waals surface area contributed by atoms with Crippen LogP contribution in [0.5, 0.6) is 0 Å². The zero-order valence-electron chi connectivity index (χ0n) is 19.1. The minimum atomic E-state index is 0.0324. The summed E-state index contributed by atoms with van der Waals surface area (Å²) in [6.07, 6.45) is 10.0. The van der Waals surface area contributed by atoms with E-state index in [0.29, 0.717) is 6.04 Å². The lowest BCUT2D eigenvalue weighted by Gasteiger charge is -2.37. The molecule has 0 amide bonds. The first kappa shape index (κ1) is 21.1. The first-order valence-electron chi connectivity index (χ1n) is 11.7. The van der Waals surface area contributed by atoms with E-state index in [9.17, 15) is 0 Å². The van der Waals surface area contributed by atoms with Crippen LogP contribution in [0.1, 0.15) is 72.4 Å². The van der Waals surface area contributed by atoms with E-state index in [1.54, 1.807) is 0 Å². The zero-order chi connectivity index (χ0) is 22.2. The average Bonchev–Trinajstić information content (AvgIpc) is 3.30. The van der Waals surface area contributed by atoms with Gasteiger partial charge in [-0.05, 0) is 87.3 Å². The third kappa shape index (κ3) is 3.71. The number of nitrogens with one attached hydrogen (secondary N) is 1. The van der Waals surface area contributed by atoms with E-state index in [1.807, 2.05) is 24.5 Å². The van der Waals surface area contributed by atoms with Gasteiger partial charge in [-0.3, -0.25) is 4.98 Å². The van der Waals surface area contributed by atoms with E-state index in [1.165, 1.54) is 54.6 Å². The molecule has 5 rings (SSSR count). The molecule has 0 aromatic carbocycles. The Morgan fingerprint density at radius 2 is 1.78 bits per heavy atom. The van der Waals surface area contributed by atoms with Gasteiger partial charge in [0.1, 0.15) is 5.82 Å². The van der Waals surface area contributed by atoms with Crippen LogP contribution in [0, 0.1) is 20.8 Å². The van der Waals surface area contributed by atoms with Crippen LogP contribution in [0.25, 0.3) is 5.82 Å². The van der Waals surface area contributed by atoms with Crippen molar-refractivity contribution >= 4 is 17.3 Å². The normalized spacial score (nSPS) is 21.7. The third-order valence-electron chi connectivity index (χ3n) is 7.02. The van der Waals surface area contributed by atoms with Gasteiger partial charge in [0.25, 0.3) is 0 Å². The first-order chi connectivity index (χ1) is 15.5. The van der Waals surface area contributed by atoms with Crippen molar-refractivity contribution in [1.29, 1.82) is 0 Å². The number of hydrogen-bond acceptors (Lipinski definition) is 3. The molecule has 32 heavy (non-hydrogen) atoms. The highest BCUT2D eigenvalue weighted by molar-refractivity contribution is 7.80. The van der Waals surface area contributed by atoms with E-state index in [0.717, 1.165) is 16.6 Å². The summed E-state index contributed by atoms with van der Waals surface area (Å²) >= 11 is 5.94. The molecule has 0 spiro atoms. The van der Waals surface area contributed by atoms with Crippen LogP contribution in [0.2, 0.25) is 0 Å². The van der Waals surface area contributed by atoms with Crippen LogP contribution in [0.4, 0.5) is 0 Å². The second-order valence-corrected chi connectivity index (χ2v) is 9.57. The Kier molecular flexibility index (Phi) is 5.72. The van der Waals surface area contributed by atoms with E-state index in [-0.39, 0.29) is 12.1 Å². The van der Waals surface area contributed by atoms with Crippen molar-refractivity contribution in [2.45, 2.75) is 71.0 Å². The van der Waals surface area contributed by atoms with Crippen LogP contribution >= 0.6 is 12.2 Å². The van der Waals surface area contributed by atoms with Gasteiger partial charge in [-0.15, -0.1) is 0 Å². The summed E-state index contributed by atoms with van der Waals surface area (Å²) in [5.41, 5.74) is 5.97. The molecule has 0 radical (unpaired) electrons.